The molecule has 0 saturated carbocycles. The molecule has 88 valence electrons. The van der Waals surface area contributed by atoms with Crippen LogP contribution < -0.4 is 0 Å². The molecule has 0 unspecified atom stereocenters. The standard InChI is InChI=1S/C11H9Cl2N3O/c1-6-11(7(2)17-16-6)15-14-10-4-8(12)3-9(13)5-10/h3-5H,1-2H3. The lowest BCUT2D eigenvalue weighted by Gasteiger charge is -1.95. The van der Waals surface area contributed by atoms with E-state index in [4.69, 9.17) is 27.7 Å². The summed E-state index contributed by atoms with van der Waals surface area (Å²) in [6, 6.07) is 4.99. The summed E-state index contributed by atoms with van der Waals surface area (Å²) in [7, 11) is 0. The second-order valence-electron chi connectivity index (χ2n) is 3.50. The minimum absolute atomic E-state index is 0.519. The number of aryl methyl sites for hydroxylation is 2. The average molecular weight is 270 g/mol. The van der Waals surface area contributed by atoms with Gasteiger partial charge in [0.1, 0.15) is 5.69 Å². The Balaban J connectivity index is 2.32. The number of azo groups is 1. The lowest BCUT2D eigenvalue weighted by atomic mass is 10.3. The zero-order chi connectivity index (χ0) is 12.4. The first-order valence-corrected chi connectivity index (χ1v) is 5.62. The van der Waals surface area contributed by atoms with E-state index in [0.717, 1.165) is 0 Å². The van der Waals surface area contributed by atoms with Gasteiger partial charge in [0.2, 0.25) is 0 Å². The van der Waals surface area contributed by atoms with Gasteiger partial charge < -0.3 is 4.52 Å². The third-order valence-electron chi connectivity index (χ3n) is 2.11. The Labute approximate surface area is 108 Å². The number of rotatable bonds is 2. The molecular formula is C11H9Cl2N3O. The van der Waals surface area contributed by atoms with Crippen molar-refractivity contribution in [2.24, 2.45) is 10.2 Å². The largest absolute Gasteiger partial charge is 0.359 e. The van der Waals surface area contributed by atoms with Gasteiger partial charge in [-0.1, -0.05) is 28.4 Å². The second kappa shape index (κ2) is 4.85. The highest BCUT2D eigenvalue weighted by molar-refractivity contribution is 6.35. The molecule has 0 aliphatic carbocycles. The molecule has 0 amide bonds. The van der Waals surface area contributed by atoms with E-state index in [1.165, 1.54) is 0 Å². The Bertz CT molecular complexity index is 538. The molecule has 0 aliphatic heterocycles. The summed E-state index contributed by atoms with van der Waals surface area (Å²) in [5.74, 6) is 0.624. The molecule has 2 rings (SSSR count). The monoisotopic (exact) mass is 269 g/mol. The number of nitrogens with zero attached hydrogens (tertiary/aromatic N) is 3. The predicted molar refractivity (Wildman–Crippen MR) is 66.6 cm³/mol. The molecule has 0 radical (unpaired) electrons. The summed E-state index contributed by atoms with van der Waals surface area (Å²) in [6.45, 7) is 3.58. The van der Waals surface area contributed by atoms with Gasteiger partial charge in [0.25, 0.3) is 0 Å². The second-order valence-corrected chi connectivity index (χ2v) is 4.37. The molecule has 0 bridgehead atoms. The third kappa shape index (κ3) is 2.84. The van der Waals surface area contributed by atoms with Crippen molar-refractivity contribution in [3.05, 3.63) is 39.7 Å². The number of halogens is 2. The molecule has 1 aromatic heterocycles. The minimum Gasteiger partial charge on any atom is -0.359 e. The number of hydrogen-bond donors (Lipinski definition) is 0. The molecular weight excluding hydrogens is 261 g/mol. The van der Waals surface area contributed by atoms with E-state index in [-0.39, 0.29) is 0 Å². The number of hydrogen-bond acceptors (Lipinski definition) is 4. The smallest absolute Gasteiger partial charge is 0.161 e. The lowest BCUT2D eigenvalue weighted by molar-refractivity contribution is 0.393. The van der Waals surface area contributed by atoms with Crippen molar-refractivity contribution >= 4 is 34.6 Å². The third-order valence-corrected chi connectivity index (χ3v) is 2.54. The summed E-state index contributed by atoms with van der Waals surface area (Å²) in [4.78, 5) is 0. The van der Waals surface area contributed by atoms with Gasteiger partial charge in [-0.2, -0.15) is 5.11 Å². The Morgan fingerprint density at radius 1 is 1.06 bits per heavy atom. The molecule has 6 heteroatoms. The lowest BCUT2D eigenvalue weighted by Crippen LogP contribution is -1.70. The van der Waals surface area contributed by atoms with Crippen LogP contribution in [-0.4, -0.2) is 5.16 Å². The first kappa shape index (κ1) is 12.1. The maximum atomic E-state index is 5.86. The Kier molecular flexibility index (Phi) is 3.45. The minimum atomic E-state index is 0.519. The molecule has 0 spiro atoms. The molecule has 4 nitrogen and oxygen atoms in total. The Hall–Kier alpha value is -1.39. The van der Waals surface area contributed by atoms with Gasteiger partial charge in [0.05, 0.1) is 5.69 Å². The summed E-state index contributed by atoms with van der Waals surface area (Å²) < 4.78 is 4.98. The normalized spacial score (nSPS) is 11.3. The van der Waals surface area contributed by atoms with Crippen molar-refractivity contribution < 1.29 is 4.52 Å². The van der Waals surface area contributed by atoms with Crippen LogP contribution in [0.2, 0.25) is 10.0 Å². The van der Waals surface area contributed by atoms with E-state index in [2.05, 4.69) is 15.4 Å². The molecule has 1 aromatic carbocycles. The Morgan fingerprint density at radius 3 is 2.24 bits per heavy atom. The highest BCUT2D eigenvalue weighted by atomic mass is 35.5. The van der Waals surface area contributed by atoms with Gasteiger partial charge >= 0.3 is 0 Å². The van der Waals surface area contributed by atoms with Crippen molar-refractivity contribution in [1.29, 1.82) is 0 Å². The van der Waals surface area contributed by atoms with Crippen LogP contribution in [0, 0.1) is 13.8 Å². The molecule has 0 N–H and O–H groups in total. The number of benzene rings is 1. The van der Waals surface area contributed by atoms with Gasteiger partial charge in [-0.15, -0.1) is 5.11 Å². The molecule has 0 atom stereocenters. The maximum Gasteiger partial charge on any atom is 0.161 e. The van der Waals surface area contributed by atoms with E-state index < -0.39 is 0 Å². The fourth-order valence-electron chi connectivity index (χ4n) is 1.33. The Morgan fingerprint density at radius 2 is 1.71 bits per heavy atom. The first-order valence-electron chi connectivity index (χ1n) is 4.87. The van der Waals surface area contributed by atoms with Crippen LogP contribution >= 0.6 is 23.2 Å². The van der Waals surface area contributed by atoms with Gasteiger partial charge in [0.15, 0.2) is 11.4 Å². The van der Waals surface area contributed by atoms with Crippen molar-refractivity contribution in [1.82, 2.24) is 5.16 Å². The van der Waals surface area contributed by atoms with Crippen LogP contribution in [0.25, 0.3) is 0 Å². The molecule has 0 fully saturated rings. The fraction of sp³-hybridized carbons (Fsp3) is 0.182. The van der Waals surface area contributed by atoms with E-state index in [0.29, 0.717) is 32.9 Å². The van der Waals surface area contributed by atoms with E-state index in [1.807, 2.05) is 0 Å². The zero-order valence-corrected chi connectivity index (χ0v) is 10.7. The summed E-state index contributed by atoms with van der Waals surface area (Å²) in [5, 5.41) is 12.9. The van der Waals surface area contributed by atoms with Crippen LogP contribution in [0.4, 0.5) is 11.4 Å². The van der Waals surface area contributed by atoms with Crippen LogP contribution in [-0.2, 0) is 0 Å². The van der Waals surface area contributed by atoms with Crippen LogP contribution in [0.3, 0.4) is 0 Å². The van der Waals surface area contributed by atoms with Crippen molar-refractivity contribution in [2.75, 3.05) is 0 Å². The van der Waals surface area contributed by atoms with Crippen molar-refractivity contribution in [3.63, 3.8) is 0 Å². The van der Waals surface area contributed by atoms with Crippen LogP contribution in [0.5, 0.6) is 0 Å². The highest BCUT2D eigenvalue weighted by Crippen LogP contribution is 2.28. The highest BCUT2D eigenvalue weighted by Gasteiger charge is 2.07. The fourth-order valence-corrected chi connectivity index (χ4v) is 1.84. The summed E-state index contributed by atoms with van der Waals surface area (Å²) >= 11 is 11.7. The van der Waals surface area contributed by atoms with E-state index >= 15 is 0 Å². The predicted octanol–water partition coefficient (Wildman–Crippen LogP) is 5.01. The van der Waals surface area contributed by atoms with Crippen LogP contribution in [0.1, 0.15) is 11.5 Å². The van der Waals surface area contributed by atoms with E-state index in [9.17, 15) is 0 Å². The van der Waals surface area contributed by atoms with Crippen molar-refractivity contribution in [3.8, 4) is 0 Å². The molecule has 2 aromatic rings. The van der Waals surface area contributed by atoms with Gasteiger partial charge in [-0.3, -0.25) is 0 Å². The van der Waals surface area contributed by atoms with Crippen molar-refractivity contribution in [2.45, 2.75) is 13.8 Å². The molecule has 0 saturated heterocycles. The molecule has 0 aliphatic rings. The quantitative estimate of drug-likeness (QED) is 0.720. The summed E-state index contributed by atoms with van der Waals surface area (Å²) in [5.41, 5.74) is 1.91. The topological polar surface area (TPSA) is 50.8 Å². The summed E-state index contributed by atoms with van der Waals surface area (Å²) in [6.07, 6.45) is 0. The number of aromatic nitrogens is 1. The zero-order valence-electron chi connectivity index (χ0n) is 9.24. The van der Waals surface area contributed by atoms with Gasteiger partial charge in [-0.25, -0.2) is 0 Å². The maximum absolute atomic E-state index is 5.86. The molecule has 1 heterocycles. The molecule has 17 heavy (non-hydrogen) atoms. The van der Waals surface area contributed by atoms with Crippen LogP contribution in [0.15, 0.2) is 33.0 Å². The van der Waals surface area contributed by atoms with Gasteiger partial charge in [-0.05, 0) is 32.0 Å². The van der Waals surface area contributed by atoms with E-state index in [1.54, 1.807) is 32.0 Å². The van der Waals surface area contributed by atoms with Gasteiger partial charge in [0, 0.05) is 10.0 Å². The SMILES string of the molecule is Cc1noc(C)c1N=Nc1cc(Cl)cc(Cl)c1. The first-order chi connectivity index (χ1) is 8.06. The average Bonchev–Trinajstić information content (AvgIpc) is 2.55.